The first-order valence-corrected chi connectivity index (χ1v) is 9.85. The lowest BCUT2D eigenvalue weighted by molar-refractivity contribution is 0.596. The van der Waals surface area contributed by atoms with E-state index in [-0.39, 0.29) is 5.82 Å². The fourth-order valence-electron chi connectivity index (χ4n) is 3.37. The Hall–Kier alpha value is -2.77. The summed E-state index contributed by atoms with van der Waals surface area (Å²) in [6.07, 6.45) is 1.46. The summed E-state index contributed by atoms with van der Waals surface area (Å²) in [5.41, 5.74) is 8.07. The minimum Gasteiger partial charge on any atom is -0.393 e. The van der Waals surface area contributed by atoms with Gasteiger partial charge in [-0.2, -0.15) is 0 Å². The minimum absolute atomic E-state index is 0.214. The quantitative estimate of drug-likeness (QED) is 0.628. The van der Waals surface area contributed by atoms with Crippen molar-refractivity contribution in [3.05, 3.63) is 64.7 Å². The molecule has 0 atom stereocenters. The molecule has 0 unspecified atom stereocenters. The topological polar surface area (TPSA) is 70.3 Å². The molecule has 3 N–H and O–H groups in total. The Morgan fingerprint density at radius 1 is 0.931 bits per heavy atom. The van der Waals surface area contributed by atoms with Crippen LogP contribution in [-0.4, -0.2) is 36.1 Å². The monoisotopic (exact) mass is 432 g/mol. The summed E-state index contributed by atoms with van der Waals surface area (Å²) in [4.78, 5) is 12.7. The number of hydrogen-bond acceptors (Lipinski definition) is 6. The molecule has 0 spiro atoms. The van der Waals surface area contributed by atoms with Crippen LogP contribution in [0.1, 0.15) is 0 Å². The van der Waals surface area contributed by atoms with Crippen LogP contribution in [0, 0.1) is 5.82 Å². The van der Waals surface area contributed by atoms with Crippen molar-refractivity contribution in [2.24, 2.45) is 0 Å². The Labute approximate surface area is 178 Å². The molecule has 0 radical (unpaired) electrons. The van der Waals surface area contributed by atoms with Gasteiger partial charge in [-0.15, -0.1) is 0 Å². The van der Waals surface area contributed by atoms with E-state index in [0.29, 0.717) is 64.9 Å². The fourth-order valence-corrected chi connectivity index (χ4v) is 3.89. The largest absolute Gasteiger partial charge is 0.393 e. The predicted octanol–water partition coefficient (Wildman–Crippen LogP) is 4.57. The zero-order chi connectivity index (χ0) is 20.4. The molecule has 2 aromatic carbocycles. The SMILES string of the molecule is Nc1c(Nc2cc(Cl)cc(Cl)c2)ncnc1N1CCN(c2ccccc2F)CC1. The standard InChI is InChI=1S/C20H19Cl2FN6/c21-13-9-14(22)11-15(10-13)27-19-18(24)20(26-12-25-19)29-7-5-28(6-8-29)17-4-2-1-3-16(17)23/h1-4,9-12H,5-8,24H2,(H,25,26,27). The van der Waals surface area contributed by atoms with Crippen LogP contribution < -0.4 is 20.9 Å². The molecule has 29 heavy (non-hydrogen) atoms. The Balaban J connectivity index is 1.50. The number of piperazine rings is 1. The van der Waals surface area contributed by atoms with Crippen LogP contribution in [0.5, 0.6) is 0 Å². The van der Waals surface area contributed by atoms with Crippen molar-refractivity contribution in [1.82, 2.24) is 9.97 Å². The van der Waals surface area contributed by atoms with Gasteiger partial charge in [0.15, 0.2) is 11.6 Å². The Kier molecular flexibility index (Phi) is 5.60. The van der Waals surface area contributed by atoms with E-state index in [0.717, 1.165) is 0 Å². The number of anilines is 5. The second-order valence-corrected chi connectivity index (χ2v) is 7.54. The fraction of sp³-hybridized carbons (Fsp3) is 0.200. The molecule has 1 aliphatic heterocycles. The first kappa shape index (κ1) is 19.5. The third-order valence-electron chi connectivity index (χ3n) is 4.76. The predicted molar refractivity (Wildman–Crippen MR) is 117 cm³/mol. The molecule has 4 rings (SSSR count). The lowest BCUT2D eigenvalue weighted by Crippen LogP contribution is -2.47. The highest BCUT2D eigenvalue weighted by Crippen LogP contribution is 2.31. The van der Waals surface area contributed by atoms with Gasteiger partial charge in [-0.1, -0.05) is 35.3 Å². The van der Waals surface area contributed by atoms with E-state index >= 15 is 0 Å². The van der Waals surface area contributed by atoms with Crippen molar-refractivity contribution >= 4 is 51.9 Å². The summed E-state index contributed by atoms with van der Waals surface area (Å²) in [7, 11) is 0. The molecule has 9 heteroatoms. The normalized spacial score (nSPS) is 14.2. The van der Waals surface area contributed by atoms with E-state index < -0.39 is 0 Å². The van der Waals surface area contributed by atoms with E-state index in [2.05, 4.69) is 20.2 Å². The molecule has 1 fully saturated rings. The molecule has 3 aromatic rings. The molecule has 0 bridgehead atoms. The van der Waals surface area contributed by atoms with Crippen LogP contribution in [0.15, 0.2) is 48.8 Å². The number of rotatable bonds is 4. The highest BCUT2D eigenvalue weighted by atomic mass is 35.5. The lowest BCUT2D eigenvalue weighted by Gasteiger charge is -2.37. The number of benzene rings is 2. The second kappa shape index (κ2) is 8.31. The van der Waals surface area contributed by atoms with Gasteiger partial charge in [0.05, 0.1) is 5.69 Å². The van der Waals surface area contributed by atoms with Gasteiger partial charge in [0.25, 0.3) is 0 Å². The van der Waals surface area contributed by atoms with E-state index in [9.17, 15) is 4.39 Å². The summed E-state index contributed by atoms with van der Waals surface area (Å²) in [6, 6.07) is 11.9. The molecular formula is C20H19Cl2FN6. The highest BCUT2D eigenvalue weighted by Gasteiger charge is 2.22. The molecule has 0 amide bonds. The van der Waals surface area contributed by atoms with Gasteiger partial charge in [0, 0.05) is 41.9 Å². The van der Waals surface area contributed by atoms with Gasteiger partial charge in [0.1, 0.15) is 17.8 Å². The molecule has 6 nitrogen and oxygen atoms in total. The molecule has 2 heterocycles. The van der Waals surface area contributed by atoms with Crippen LogP contribution >= 0.6 is 23.2 Å². The summed E-state index contributed by atoms with van der Waals surface area (Å²) in [6.45, 7) is 2.66. The molecule has 1 aromatic heterocycles. The Morgan fingerprint density at radius 2 is 1.59 bits per heavy atom. The minimum atomic E-state index is -0.214. The van der Waals surface area contributed by atoms with Gasteiger partial charge in [-0.25, -0.2) is 14.4 Å². The second-order valence-electron chi connectivity index (χ2n) is 6.67. The van der Waals surface area contributed by atoms with Gasteiger partial charge in [-0.05, 0) is 30.3 Å². The first-order chi connectivity index (χ1) is 14.0. The van der Waals surface area contributed by atoms with Gasteiger partial charge < -0.3 is 20.9 Å². The summed E-state index contributed by atoms with van der Waals surface area (Å²) < 4.78 is 14.1. The van der Waals surface area contributed by atoms with Crippen LogP contribution in [-0.2, 0) is 0 Å². The lowest BCUT2D eigenvalue weighted by atomic mass is 10.2. The number of nitrogens with two attached hydrogens (primary N) is 1. The van der Waals surface area contributed by atoms with E-state index in [1.165, 1.54) is 12.4 Å². The number of nitrogens with one attached hydrogen (secondary N) is 1. The van der Waals surface area contributed by atoms with Gasteiger partial charge >= 0.3 is 0 Å². The Morgan fingerprint density at radius 3 is 2.28 bits per heavy atom. The number of halogens is 3. The summed E-state index contributed by atoms with van der Waals surface area (Å²) >= 11 is 12.1. The zero-order valence-corrected chi connectivity index (χ0v) is 17.0. The summed E-state index contributed by atoms with van der Waals surface area (Å²) in [5.74, 6) is 0.905. The Bertz CT molecular complexity index is 1000. The number of nitrogen functional groups attached to an aromatic ring is 1. The smallest absolute Gasteiger partial charge is 0.159 e. The number of para-hydroxylation sites is 1. The maximum Gasteiger partial charge on any atom is 0.159 e. The van der Waals surface area contributed by atoms with E-state index in [1.54, 1.807) is 30.3 Å². The maximum absolute atomic E-state index is 14.1. The molecule has 0 saturated carbocycles. The van der Waals surface area contributed by atoms with Crippen LogP contribution in [0.3, 0.4) is 0 Å². The molecule has 1 saturated heterocycles. The van der Waals surface area contributed by atoms with Crippen LogP contribution in [0.2, 0.25) is 10.0 Å². The summed E-state index contributed by atoms with van der Waals surface area (Å²) in [5, 5.41) is 4.17. The average molecular weight is 433 g/mol. The molecular weight excluding hydrogens is 414 g/mol. The highest BCUT2D eigenvalue weighted by molar-refractivity contribution is 6.35. The average Bonchev–Trinajstić information content (AvgIpc) is 2.69. The van der Waals surface area contributed by atoms with Crippen molar-refractivity contribution in [2.75, 3.05) is 47.0 Å². The van der Waals surface area contributed by atoms with Crippen LogP contribution in [0.4, 0.5) is 33.1 Å². The number of aromatic nitrogens is 2. The molecule has 150 valence electrons. The third-order valence-corrected chi connectivity index (χ3v) is 5.20. The van der Waals surface area contributed by atoms with Crippen LogP contribution in [0.25, 0.3) is 0 Å². The van der Waals surface area contributed by atoms with Crippen molar-refractivity contribution < 1.29 is 4.39 Å². The third kappa shape index (κ3) is 4.31. The zero-order valence-electron chi connectivity index (χ0n) is 15.4. The number of nitrogens with zero attached hydrogens (tertiary/aromatic N) is 4. The number of hydrogen-bond donors (Lipinski definition) is 2. The van der Waals surface area contributed by atoms with E-state index in [1.807, 2.05) is 11.0 Å². The van der Waals surface area contributed by atoms with Crippen molar-refractivity contribution in [3.8, 4) is 0 Å². The van der Waals surface area contributed by atoms with Gasteiger partial charge in [0.2, 0.25) is 0 Å². The maximum atomic E-state index is 14.1. The van der Waals surface area contributed by atoms with Crippen molar-refractivity contribution in [3.63, 3.8) is 0 Å². The molecule has 0 aliphatic carbocycles. The van der Waals surface area contributed by atoms with Crippen molar-refractivity contribution in [2.45, 2.75) is 0 Å². The van der Waals surface area contributed by atoms with Gasteiger partial charge in [-0.3, -0.25) is 0 Å². The van der Waals surface area contributed by atoms with Crippen molar-refractivity contribution in [1.29, 1.82) is 0 Å². The first-order valence-electron chi connectivity index (χ1n) is 9.09. The molecule has 1 aliphatic rings. The van der Waals surface area contributed by atoms with E-state index in [4.69, 9.17) is 28.9 Å².